The second kappa shape index (κ2) is 5.65. The summed E-state index contributed by atoms with van der Waals surface area (Å²) in [7, 11) is 3.90. The molecule has 4 heteroatoms. The molecule has 3 nitrogen and oxygen atoms in total. The van der Waals surface area contributed by atoms with Gasteiger partial charge in [0, 0.05) is 14.1 Å². The minimum Gasteiger partial charge on any atom is -0.376 e. The highest BCUT2D eigenvalue weighted by Gasteiger charge is 2.02. The second-order valence-corrected chi connectivity index (χ2v) is 4.47. The van der Waals surface area contributed by atoms with Crippen LogP contribution in [0.2, 0.25) is 5.02 Å². The van der Waals surface area contributed by atoms with Crippen LogP contribution in [0.1, 0.15) is 0 Å². The minimum atomic E-state index is 0.671. The minimum absolute atomic E-state index is 0.671. The number of nitrogens with zero attached hydrogens (tertiary/aromatic N) is 3. The van der Waals surface area contributed by atoms with Gasteiger partial charge in [0.1, 0.15) is 0 Å². The third-order valence-electron chi connectivity index (χ3n) is 2.45. The third kappa shape index (κ3) is 3.08. The highest BCUT2D eigenvalue weighted by Crippen LogP contribution is 2.29. The van der Waals surface area contributed by atoms with Gasteiger partial charge in [0.15, 0.2) is 0 Å². The normalized spacial score (nSPS) is 10.8. The zero-order valence-electron chi connectivity index (χ0n) is 10.3. The van der Waals surface area contributed by atoms with Crippen LogP contribution in [0.5, 0.6) is 0 Å². The molecule has 2 aromatic rings. The van der Waals surface area contributed by atoms with E-state index in [-0.39, 0.29) is 0 Å². The van der Waals surface area contributed by atoms with Gasteiger partial charge in [-0.2, -0.15) is 10.2 Å². The van der Waals surface area contributed by atoms with E-state index in [9.17, 15) is 0 Å². The predicted molar refractivity (Wildman–Crippen MR) is 76.4 cm³/mol. The lowest BCUT2D eigenvalue weighted by Gasteiger charge is -2.13. The number of benzene rings is 2. The maximum atomic E-state index is 6.16. The zero-order valence-corrected chi connectivity index (χ0v) is 11.1. The smallest absolute Gasteiger partial charge is 0.0873 e. The fourth-order valence-electron chi connectivity index (χ4n) is 1.53. The Kier molecular flexibility index (Phi) is 3.95. The first-order valence-corrected chi connectivity index (χ1v) is 5.98. The van der Waals surface area contributed by atoms with Crippen LogP contribution in [0.3, 0.4) is 0 Å². The zero-order chi connectivity index (χ0) is 13.0. The molecular weight excluding hydrogens is 246 g/mol. The summed E-state index contributed by atoms with van der Waals surface area (Å²) in [6.07, 6.45) is 0. The largest absolute Gasteiger partial charge is 0.376 e. The molecule has 0 spiro atoms. The van der Waals surface area contributed by atoms with Gasteiger partial charge in [-0.3, -0.25) is 0 Å². The summed E-state index contributed by atoms with van der Waals surface area (Å²) in [5.74, 6) is 0. The van der Waals surface area contributed by atoms with Crippen LogP contribution >= 0.6 is 11.6 Å². The Balaban J connectivity index is 2.21. The van der Waals surface area contributed by atoms with E-state index in [1.807, 2.05) is 67.5 Å². The maximum Gasteiger partial charge on any atom is 0.0873 e. The first-order valence-electron chi connectivity index (χ1n) is 5.60. The van der Waals surface area contributed by atoms with Crippen LogP contribution in [-0.2, 0) is 0 Å². The van der Waals surface area contributed by atoms with E-state index in [2.05, 4.69) is 10.2 Å². The van der Waals surface area contributed by atoms with Gasteiger partial charge in [-0.25, -0.2) is 0 Å². The van der Waals surface area contributed by atoms with E-state index in [4.69, 9.17) is 11.6 Å². The van der Waals surface area contributed by atoms with Crippen LogP contribution in [0, 0.1) is 0 Å². The van der Waals surface area contributed by atoms with E-state index in [1.165, 1.54) is 0 Å². The molecule has 18 heavy (non-hydrogen) atoms. The van der Waals surface area contributed by atoms with Crippen LogP contribution < -0.4 is 4.90 Å². The summed E-state index contributed by atoms with van der Waals surface area (Å²) < 4.78 is 0. The van der Waals surface area contributed by atoms with Gasteiger partial charge in [-0.05, 0) is 30.3 Å². The third-order valence-corrected chi connectivity index (χ3v) is 2.75. The number of anilines is 1. The SMILES string of the molecule is CN(C)c1ccc(/N=N/c2ccccc2)cc1Cl. The van der Waals surface area contributed by atoms with Gasteiger partial charge in [0.05, 0.1) is 22.1 Å². The molecular formula is C14H14ClN3. The van der Waals surface area contributed by atoms with Crippen LogP contribution in [0.25, 0.3) is 0 Å². The molecule has 0 aromatic heterocycles. The van der Waals surface area contributed by atoms with Crippen LogP contribution in [0.15, 0.2) is 58.8 Å². The molecule has 92 valence electrons. The number of hydrogen-bond donors (Lipinski definition) is 0. The Bertz CT molecular complexity index is 550. The molecule has 0 N–H and O–H groups in total. The van der Waals surface area contributed by atoms with Crippen LogP contribution in [-0.4, -0.2) is 14.1 Å². The van der Waals surface area contributed by atoms with Crippen LogP contribution in [0.4, 0.5) is 17.1 Å². The Labute approximate surface area is 112 Å². The summed E-state index contributed by atoms with van der Waals surface area (Å²) in [6, 6.07) is 15.2. The molecule has 0 bridgehead atoms. The highest BCUT2D eigenvalue weighted by molar-refractivity contribution is 6.33. The van der Waals surface area contributed by atoms with Crippen molar-refractivity contribution in [1.82, 2.24) is 0 Å². The lowest BCUT2D eigenvalue weighted by Crippen LogP contribution is -2.08. The second-order valence-electron chi connectivity index (χ2n) is 4.07. The van der Waals surface area contributed by atoms with Crippen molar-refractivity contribution in [2.24, 2.45) is 10.2 Å². The summed E-state index contributed by atoms with van der Waals surface area (Å²) in [5.41, 5.74) is 2.54. The first-order chi connectivity index (χ1) is 8.66. The molecule has 0 amide bonds. The molecule has 0 aliphatic carbocycles. The van der Waals surface area contributed by atoms with E-state index in [1.54, 1.807) is 0 Å². The van der Waals surface area contributed by atoms with Crippen molar-refractivity contribution in [2.75, 3.05) is 19.0 Å². The molecule has 0 saturated heterocycles. The van der Waals surface area contributed by atoms with Gasteiger partial charge < -0.3 is 4.90 Å². The summed E-state index contributed by atoms with van der Waals surface area (Å²) in [6.45, 7) is 0. The van der Waals surface area contributed by atoms with Gasteiger partial charge in [0.2, 0.25) is 0 Å². The van der Waals surface area contributed by atoms with Gasteiger partial charge in [0.25, 0.3) is 0 Å². The topological polar surface area (TPSA) is 28.0 Å². The fourth-order valence-corrected chi connectivity index (χ4v) is 1.87. The fraction of sp³-hybridized carbons (Fsp3) is 0.143. The maximum absolute atomic E-state index is 6.16. The quantitative estimate of drug-likeness (QED) is 0.726. The van der Waals surface area contributed by atoms with E-state index in [0.29, 0.717) is 5.02 Å². The van der Waals surface area contributed by atoms with Gasteiger partial charge in [-0.1, -0.05) is 29.8 Å². The van der Waals surface area contributed by atoms with Crippen molar-refractivity contribution < 1.29 is 0 Å². The monoisotopic (exact) mass is 259 g/mol. The molecule has 0 heterocycles. The number of halogens is 1. The molecule has 0 radical (unpaired) electrons. The molecule has 2 rings (SSSR count). The van der Waals surface area contributed by atoms with Crippen molar-refractivity contribution >= 4 is 28.7 Å². The van der Waals surface area contributed by atoms with E-state index in [0.717, 1.165) is 17.1 Å². The standard InChI is InChI=1S/C14H14ClN3/c1-18(2)14-9-8-12(10-13(14)15)17-16-11-6-4-3-5-7-11/h3-10H,1-2H3/b17-16+. The van der Waals surface area contributed by atoms with Crippen molar-refractivity contribution in [1.29, 1.82) is 0 Å². The molecule has 2 aromatic carbocycles. The highest BCUT2D eigenvalue weighted by atomic mass is 35.5. The van der Waals surface area contributed by atoms with Crippen molar-refractivity contribution in [2.45, 2.75) is 0 Å². The lowest BCUT2D eigenvalue weighted by atomic mass is 10.3. The Hall–Kier alpha value is -1.87. The molecule has 0 saturated carbocycles. The molecule has 0 aliphatic rings. The summed E-state index contributed by atoms with van der Waals surface area (Å²) in [5, 5.41) is 8.98. The summed E-state index contributed by atoms with van der Waals surface area (Å²) >= 11 is 6.16. The van der Waals surface area contributed by atoms with Crippen molar-refractivity contribution in [3.8, 4) is 0 Å². The first kappa shape index (κ1) is 12.6. The average molecular weight is 260 g/mol. The summed E-state index contributed by atoms with van der Waals surface area (Å²) in [4.78, 5) is 1.96. The van der Waals surface area contributed by atoms with Crippen molar-refractivity contribution in [3.63, 3.8) is 0 Å². The number of azo groups is 1. The molecule has 0 unspecified atom stereocenters. The molecule has 0 atom stereocenters. The van der Waals surface area contributed by atoms with E-state index < -0.39 is 0 Å². The van der Waals surface area contributed by atoms with Gasteiger partial charge >= 0.3 is 0 Å². The number of hydrogen-bond acceptors (Lipinski definition) is 3. The Morgan fingerprint density at radius 2 is 1.56 bits per heavy atom. The van der Waals surface area contributed by atoms with E-state index >= 15 is 0 Å². The Morgan fingerprint density at radius 3 is 2.17 bits per heavy atom. The molecule has 0 fully saturated rings. The predicted octanol–water partition coefficient (Wildman–Crippen LogP) is 4.82. The number of rotatable bonds is 3. The molecule has 0 aliphatic heterocycles. The lowest BCUT2D eigenvalue weighted by molar-refractivity contribution is 1.13. The van der Waals surface area contributed by atoms with Crippen molar-refractivity contribution in [3.05, 3.63) is 53.6 Å². The Morgan fingerprint density at radius 1 is 0.889 bits per heavy atom. The van der Waals surface area contributed by atoms with Gasteiger partial charge in [-0.15, -0.1) is 0 Å². The average Bonchev–Trinajstić information content (AvgIpc) is 2.37.